The molecule has 7 aromatic carbocycles. The van der Waals surface area contributed by atoms with Gasteiger partial charge >= 0.3 is 6.03 Å². The van der Waals surface area contributed by atoms with E-state index in [-0.39, 0.29) is 44.8 Å². The molecule has 0 spiro atoms. The van der Waals surface area contributed by atoms with Gasteiger partial charge in [0.1, 0.15) is 0 Å². The third kappa shape index (κ3) is 21.2. The zero-order valence-corrected chi connectivity index (χ0v) is 58.1. The van der Waals surface area contributed by atoms with Crippen LogP contribution in [0.5, 0.6) is 0 Å². The smallest absolute Gasteiger partial charge is 0.314 e. The average Bonchev–Trinajstić information content (AvgIpc) is 1.75. The summed E-state index contributed by atoms with van der Waals surface area (Å²) in [5.41, 5.74) is 24.4. The molecule has 0 aliphatic carbocycles. The number of piperazine rings is 3. The Bertz CT molecular complexity index is 3950. The number of amides is 4. The van der Waals surface area contributed by atoms with Crippen molar-refractivity contribution in [2.24, 2.45) is 10.7 Å². The summed E-state index contributed by atoms with van der Waals surface area (Å²) in [7, 11) is 0. The fourth-order valence-electron chi connectivity index (χ4n) is 11.8. The lowest BCUT2D eigenvalue weighted by Gasteiger charge is -2.43. The number of fused-ring (bicyclic) bond motifs is 1. The summed E-state index contributed by atoms with van der Waals surface area (Å²) < 4.78 is 0. The van der Waals surface area contributed by atoms with E-state index in [0.29, 0.717) is 105 Å². The van der Waals surface area contributed by atoms with E-state index in [4.69, 9.17) is 102 Å². The highest BCUT2D eigenvalue weighted by atomic mass is 35.5. The number of anilines is 3. The number of hydrogen-bond donors (Lipinski definition) is 5. The SMILES string of the molecule is C.CCN=C=O.CCNC(=O)NCCN1CCN(c2ccc(C#N)cc2Cl)[C@H](c2ccc(Cl)cc2)C1.N#Cc1ccc(N2CCN(CCN)C[C@H]2c2ccc(Cl)cc2)c(Cl)c1.N#Cc1ccc(N2CCN(CCN3C(=O)c4ccccc4C3=O)C[C@H]2c2ccc(Cl)cc2)c(Cl)c1.N=N.[HH]. The highest BCUT2D eigenvalue weighted by Gasteiger charge is 2.37. The topological polar surface area (TPSA) is 272 Å². The lowest BCUT2D eigenvalue weighted by molar-refractivity contribution is 0.0631. The zero-order valence-electron chi connectivity index (χ0n) is 53.6. The third-order valence-corrected chi connectivity index (χ3v) is 18.2. The molecule has 0 saturated carbocycles. The molecule has 4 aliphatic heterocycles. The molecule has 4 heterocycles. The number of hydrogen-bond acceptors (Lipinski definition) is 17. The van der Waals surface area contributed by atoms with E-state index in [1.165, 1.54) is 16.5 Å². The monoisotopic (exact) mass is 1440 g/mol. The van der Waals surface area contributed by atoms with Gasteiger partial charge < -0.3 is 31.1 Å². The maximum Gasteiger partial charge on any atom is 0.314 e. The van der Waals surface area contributed by atoms with Crippen LogP contribution in [-0.4, -0.2) is 155 Å². The number of nitrogens with two attached hydrogens (primary N) is 1. The molecular formula is C72H80Cl6N16O4. The first-order valence-electron chi connectivity index (χ1n) is 31.3. The second-order valence-corrected chi connectivity index (χ2v) is 25.0. The molecule has 20 nitrogen and oxygen atoms in total. The van der Waals surface area contributed by atoms with Crippen LogP contribution in [-0.2, 0) is 4.79 Å². The number of rotatable bonds is 16. The van der Waals surface area contributed by atoms with Crippen LogP contribution in [0.3, 0.4) is 0 Å². The summed E-state index contributed by atoms with van der Waals surface area (Å²) >= 11 is 37.8. The van der Waals surface area contributed by atoms with Gasteiger partial charge in [0.2, 0.25) is 6.08 Å². The number of halogens is 6. The second-order valence-electron chi connectivity index (χ2n) is 22.5. The van der Waals surface area contributed by atoms with Gasteiger partial charge in [-0.2, -0.15) is 15.8 Å². The Hall–Kier alpha value is -8.62. The van der Waals surface area contributed by atoms with Crippen molar-refractivity contribution in [2.75, 3.05) is 126 Å². The molecule has 3 atom stereocenters. The van der Waals surface area contributed by atoms with Crippen LogP contribution in [0.15, 0.2) is 157 Å². The van der Waals surface area contributed by atoms with Crippen molar-refractivity contribution in [1.29, 1.82) is 26.8 Å². The Morgan fingerprint density at radius 1 is 0.531 bits per heavy atom. The van der Waals surface area contributed by atoms with Crippen LogP contribution in [0.25, 0.3) is 0 Å². The van der Waals surface area contributed by atoms with Gasteiger partial charge in [-0.3, -0.25) is 29.2 Å². The van der Waals surface area contributed by atoms with Gasteiger partial charge in [0.05, 0.1) is 96.3 Å². The van der Waals surface area contributed by atoms with Crippen molar-refractivity contribution in [3.05, 3.63) is 226 Å². The van der Waals surface area contributed by atoms with Crippen molar-refractivity contribution >= 4 is 111 Å². The van der Waals surface area contributed by atoms with Crippen LogP contribution in [0.1, 0.15) is 94.9 Å². The highest BCUT2D eigenvalue weighted by Crippen LogP contribution is 2.40. The van der Waals surface area contributed by atoms with E-state index < -0.39 is 0 Å². The Morgan fingerprint density at radius 2 is 0.888 bits per heavy atom. The molecular weight excluding hydrogens is 1370 g/mol. The number of nitrogens with one attached hydrogen (secondary N) is 4. The van der Waals surface area contributed by atoms with Crippen molar-refractivity contribution < 1.29 is 20.6 Å². The molecule has 514 valence electrons. The molecule has 11 rings (SSSR count). The average molecular weight is 1450 g/mol. The Labute approximate surface area is 605 Å². The molecule has 3 fully saturated rings. The molecule has 0 unspecified atom stereocenters. The second kappa shape index (κ2) is 39.7. The van der Waals surface area contributed by atoms with Gasteiger partial charge in [-0.05, 0) is 134 Å². The Kier molecular flexibility index (Phi) is 31.7. The summed E-state index contributed by atoms with van der Waals surface area (Å²) in [5, 5.41) is 36.8. The molecule has 26 heteroatoms. The normalized spacial score (nSPS) is 16.5. The van der Waals surface area contributed by atoms with Gasteiger partial charge in [-0.25, -0.2) is 25.6 Å². The number of carbonyl (C=O) groups is 3. The maximum atomic E-state index is 12.8. The van der Waals surface area contributed by atoms with E-state index in [2.05, 4.69) is 75.4 Å². The minimum absolute atomic E-state index is 0. The predicted octanol–water partition coefficient (Wildman–Crippen LogP) is 14.6. The van der Waals surface area contributed by atoms with Gasteiger partial charge in [0.15, 0.2) is 0 Å². The molecule has 0 bridgehead atoms. The minimum Gasteiger partial charge on any atom is -0.361 e. The molecule has 6 N–H and O–H groups in total. The van der Waals surface area contributed by atoms with E-state index in [0.717, 1.165) is 92.1 Å². The molecule has 98 heavy (non-hydrogen) atoms. The van der Waals surface area contributed by atoms with Gasteiger partial charge in [-0.1, -0.05) is 126 Å². The van der Waals surface area contributed by atoms with E-state index in [9.17, 15) is 19.6 Å². The van der Waals surface area contributed by atoms with Crippen LogP contribution in [0.2, 0.25) is 30.1 Å². The number of nitriles is 3. The first-order valence-corrected chi connectivity index (χ1v) is 33.6. The summed E-state index contributed by atoms with van der Waals surface area (Å²) in [6.07, 6.45) is 1.39. The van der Waals surface area contributed by atoms with Crippen molar-refractivity contribution in [3.63, 3.8) is 0 Å². The third-order valence-electron chi connectivity index (χ3n) is 16.6. The molecule has 0 radical (unpaired) electrons. The quantitative estimate of drug-likeness (QED) is 0.0261. The summed E-state index contributed by atoms with van der Waals surface area (Å²) in [6, 6.07) is 53.2. The van der Waals surface area contributed by atoms with Crippen LogP contribution >= 0.6 is 69.6 Å². The van der Waals surface area contributed by atoms with Crippen molar-refractivity contribution in [1.82, 2.24) is 30.2 Å². The number of isocyanates is 1. The minimum atomic E-state index is -0.233. The summed E-state index contributed by atoms with van der Waals surface area (Å²) in [6.45, 7) is 15.8. The molecule has 3 saturated heterocycles. The number of imide groups is 1. The standard InChI is InChI=1S/C27H22Cl2N4O2.C22H25Cl2N5O.C19H20Cl2N4.C3H5NO.CH4.H2N2.H2/c28-20-8-6-19(7-9-20)25-17-31(11-13-32(25)24-10-5-18(16-30)15-23(24)29)12-14-33-26(34)21-3-1-2-4-22(21)27(33)35;1-2-26-22(30)27-9-10-28-11-12-29(20-8-3-16(14-25)13-19(20)24)21(15-28)17-4-6-18(23)7-5-17;20-16-4-2-15(3-5-16)19-13-24(8-7-22)9-10-25(19)18-6-1-14(12-23)11-17(18)21;1-2-4-3-5;;1-2;/h1-10,15,25H,11-14,17H2;3-8,13,21H,2,9-12,15H2,1H3,(H2,26,27,30);1-6,11,19H,7-10,13,22H2;2H2,1H3;1H4;1-2H;1H/t25-;21-;19-;;;;/m000..../s1. The van der Waals surface area contributed by atoms with E-state index in [1.807, 2.05) is 91.9 Å². The van der Waals surface area contributed by atoms with Crippen LogP contribution < -0.4 is 31.1 Å². The first-order chi connectivity index (χ1) is 47.0. The van der Waals surface area contributed by atoms with Gasteiger partial charge in [0, 0.05) is 128 Å². The fraction of sp³-hybridized carbons (Fsp3) is 0.319. The number of nitrogens with zero attached hydrogens (tertiary/aromatic N) is 11. The molecule has 4 amide bonds. The lowest BCUT2D eigenvalue weighted by Crippen LogP contribution is -2.50. The lowest BCUT2D eigenvalue weighted by atomic mass is 10.0. The van der Waals surface area contributed by atoms with Crippen molar-refractivity contribution in [3.8, 4) is 18.2 Å². The van der Waals surface area contributed by atoms with Gasteiger partial charge in [-0.15, -0.1) is 0 Å². The largest absolute Gasteiger partial charge is 0.361 e. The Balaban J connectivity index is 0.000000256. The summed E-state index contributed by atoms with van der Waals surface area (Å²) in [5.74, 6) is -0.467. The Morgan fingerprint density at radius 3 is 1.19 bits per heavy atom. The zero-order chi connectivity index (χ0) is 70.0. The van der Waals surface area contributed by atoms with E-state index >= 15 is 0 Å². The maximum absolute atomic E-state index is 12.8. The molecule has 4 aliphatic rings. The number of benzene rings is 7. The first kappa shape index (κ1) is 78.4. The summed E-state index contributed by atoms with van der Waals surface area (Å²) in [4.78, 5) is 64.5. The number of carbonyl (C=O) groups excluding carboxylic acids is 4. The van der Waals surface area contributed by atoms with Crippen molar-refractivity contribution in [2.45, 2.75) is 39.4 Å². The number of aliphatic imine (C=N–C) groups is 1. The van der Waals surface area contributed by atoms with Crippen LogP contribution in [0.4, 0.5) is 21.9 Å². The predicted molar refractivity (Wildman–Crippen MR) is 393 cm³/mol. The van der Waals surface area contributed by atoms with Crippen LogP contribution in [0, 0.1) is 45.1 Å². The number of urea groups is 1. The fourth-order valence-corrected chi connectivity index (χ4v) is 13.1. The highest BCUT2D eigenvalue weighted by molar-refractivity contribution is 6.34. The molecule has 7 aromatic rings. The van der Waals surface area contributed by atoms with E-state index in [1.54, 1.807) is 61.5 Å². The molecule has 0 aromatic heterocycles. The van der Waals surface area contributed by atoms with Gasteiger partial charge in [0.25, 0.3) is 11.8 Å².